The fourth-order valence-electron chi connectivity index (χ4n) is 4.38. The maximum absolute atomic E-state index is 14.0. The van der Waals surface area contributed by atoms with Gasteiger partial charge in [-0.05, 0) is 17.7 Å². The molecule has 1 saturated carbocycles. The Morgan fingerprint density at radius 2 is 2.00 bits per heavy atom. The van der Waals surface area contributed by atoms with Gasteiger partial charge < -0.3 is 14.4 Å². The quantitative estimate of drug-likeness (QED) is 0.582. The summed E-state index contributed by atoms with van der Waals surface area (Å²) >= 11 is 0. The van der Waals surface area contributed by atoms with Crippen LogP contribution < -0.4 is 23.6 Å². The van der Waals surface area contributed by atoms with Crippen molar-refractivity contribution in [1.82, 2.24) is 4.90 Å². The zero-order chi connectivity index (χ0) is 19.3. The number of carbonyl (C=O) groups excluding carboxylic acids is 1. The van der Waals surface area contributed by atoms with Crippen LogP contribution in [0.2, 0.25) is 0 Å². The zero-order valence-electron chi connectivity index (χ0n) is 16.1. The molecule has 1 atom stereocenters. The van der Waals surface area contributed by atoms with Crippen molar-refractivity contribution < 1.29 is 37.5 Å². The number of amides is 1. The van der Waals surface area contributed by atoms with Crippen molar-refractivity contribution in [2.75, 3.05) is 0 Å². The molecular weight excluding hydrogens is 366 g/mol. The first-order chi connectivity index (χ1) is 13.6. The van der Waals surface area contributed by atoms with E-state index in [1.807, 2.05) is 36.4 Å². The third-order valence-electron chi connectivity index (χ3n) is 5.79. The molecule has 3 aliphatic rings. The first kappa shape index (κ1) is 20.0. The standard InChI is InChI=1S/C22H18FN2O3.Li/c23-17-7-6-14(13-24)10-19(17)27-16-11-22(12-16)21(26)25-18(8-9-20(25)28-22)15-4-2-1-3-5-15;/h1-7,10,16,18H,8-9,11-12H2;/q-1;+1/t16?,18-,22?;/m0./s1. The fraction of sp³-hybridized carbons (Fsp3) is 0.318. The van der Waals surface area contributed by atoms with Gasteiger partial charge in [-0.25, -0.2) is 4.39 Å². The Bertz CT molecular complexity index is 972. The molecule has 2 saturated heterocycles. The van der Waals surface area contributed by atoms with Crippen molar-refractivity contribution >= 4 is 5.91 Å². The first-order valence-electron chi connectivity index (χ1n) is 9.39. The summed E-state index contributed by atoms with van der Waals surface area (Å²) in [4.78, 5) is 14.9. The van der Waals surface area contributed by atoms with E-state index in [1.54, 1.807) is 4.90 Å². The molecule has 0 bridgehead atoms. The molecule has 2 aliphatic heterocycles. The minimum atomic E-state index is -0.892. The topological polar surface area (TPSA) is 62.6 Å². The van der Waals surface area contributed by atoms with Crippen molar-refractivity contribution in [3.8, 4) is 11.8 Å². The average molecular weight is 384 g/mol. The van der Waals surface area contributed by atoms with Crippen LogP contribution in [0.1, 0.15) is 42.9 Å². The second-order valence-corrected chi connectivity index (χ2v) is 7.54. The Balaban J connectivity index is 0.00000205. The van der Waals surface area contributed by atoms with Crippen LogP contribution in [0.25, 0.3) is 0 Å². The molecular formula is C22H18FLiN2O3. The monoisotopic (exact) mass is 384 g/mol. The summed E-state index contributed by atoms with van der Waals surface area (Å²) in [6, 6.07) is 16.0. The van der Waals surface area contributed by atoms with E-state index in [-0.39, 0.29) is 42.7 Å². The van der Waals surface area contributed by atoms with Crippen LogP contribution in [0, 0.1) is 23.4 Å². The van der Waals surface area contributed by atoms with Crippen LogP contribution in [-0.4, -0.2) is 22.5 Å². The van der Waals surface area contributed by atoms with E-state index in [2.05, 4.69) is 0 Å². The molecule has 1 spiro atoms. The van der Waals surface area contributed by atoms with Crippen molar-refractivity contribution in [2.24, 2.45) is 0 Å². The Kier molecular flexibility index (Phi) is 5.17. The smallest absolute Gasteiger partial charge is 0.516 e. The second kappa shape index (κ2) is 7.50. The summed E-state index contributed by atoms with van der Waals surface area (Å²) in [6.45, 7) is 0. The first-order valence-corrected chi connectivity index (χ1v) is 9.39. The molecule has 1 amide bonds. The average Bonchev–Trinajstić information content (AvgIpc) is 3.22. The van der Waals surface area contributed by atoms with E-state index in [4.69, 9.17) is 14.7 Å². The maximum atomic E-state index is 14.0. The minimum Gasteiger partial charge on any atom is -0.516 e. The number of ether oxygens (including phenoxy) is 2. The summed E-state index contributed by atoms with van der Waals surface area (Å²) in [5, 5.41) is 8.97. The van der Waals surface area contributed by atoms with Gasteiger partial charge in [-0.2, -0.15) is 5.26 Å². The fourth-order valence-corrected chi connectivity index (χ4v) is 4.38. The number of rotatable bonds is 3. The van der Waals surface area contributed by atoms with Gasteiger partial charge in [0.25, 0.3) is 0 Å². The van der Waals surface area contributed by atoms with E-state index < -0.39 is 11.4 Å². The van der Waals surface area contributed by atoms with Gasteiger partial charge in [-0.3, -0.25) is 4.79 Å². The van der Waals surface area contributed by atoms with E-state index in [0.717, 1.165) is 24.6 Å². The van der Waals surface area contributed by atoms with Crippen LogP contribution in [0.5, 0.6) is 5.75 Å². The Morgan fingerprint density at radius 1 is 1.24 bits per heavy atom. The molecule has 5 rings (SSSR count). The Labute approximate surface area is 180 Å². The molecule has 7 heteroatoms. The summed E-state index contributed by atoms with van der Waals surface area (Å²) in [5.74, 6) is -0.502. The Morgan fingerprint density at radius 3 is 2.72 bits per heavy atom. The molecule has 1 aliphatic carbocycles. The molecule has 2 heterocycles. The van der Waals surface area contributed by atoms with Crippen LogP contribution in [0.15, 0.2) is 48.5 Å². The van der Waals surface area contributed by atoms with Gasteiger partial charge >= 0.3 is 18.9 Å². The number of halogens is 1. The molecule has 3 fully saturated rings. The molecule has 0 radical (unpaired) electrons. The number of nitrogens with zero attached hydrogens (tertiary/aromatic N) is 2. The molecule has 29 heavy (non-hydrogen) atoms. The zero-order valence-corrected chi connectivity index (χ0v) is 16.1. The number of benzene rings is 2. The van der Waals surface area contributed by atoms with Crippen molar-refractivity contribution in [3.05, 3.63) is 71.7 Å². The summed E-state index contributed by atoms with van der Waals surface area (Å²) in [5.41, 5.74) is 0.547. The normalized spacial score (nSPS) is 27.9. The number of hydrogen-bond donors (Lipinski definition) is 0. The molecule has 5 nitrogen and oxygen atoms in total. The van der Waals surface area contributed by atoms with E-state index in [1.165, 1.54) is 18.2 Å². The van der Waals surface area contributed by atoms with Gasteiger partial charge in [0.1, 0.15) is 11.7 Å². The van der Waals surface area contributed by atoms with Crippen molar-refractivity contribution in [1.29, 1.82) is 5.26 Å². The molecule has 0 aromatic heterocycles. The molecule has 0 N–H and O–H groups in total. The van der Waals surface area contributed by atoms with Gasteiger partial charge in [0.15, 0.2) is 11.6 Å². The molecule has 2 aromatic rings. The number of fused-ring (bicyclic) bond motifs is 1. The van der Waals surface area contributed by atoms with Crippen LogP contribution >= 0.6 is 0 Å². The molecule has 142 valence electrons. The second-order valence-electron chi connectivity index (χ2n) is 7.54. The third-order valence-corrected chi connectivity index (χ3v) is 5.79. The van der Waals surface area contributed by atoms with Gasteiger partial charge in [-0.15, -0.1) is 12.6 Å². The molecule has 0 unspecified atom stereocenters. The van der Waals surface area contributed by atoms with Gasteiger partial charge in [0, 0.05) is 24.9 Å². The minimum absolute atomic E-state index is 0. The van der Waals surface area contributed by atoms with E-state index in [9.17, 15) is 9.18 Å². The predicted molar refractivity (Wildman–Crippen MR) is 97.1 cm³/mol. The van der Waals surface area contributed by atoms with Crippen LogP contribution in [0.4, 0.5) is 4.39 Å². The van der Waals surface area contributed by atoms with Crippen LogP contribution in [0.3, 0.4) is 0 Å². The van der Waals surface area contributed by atoms with Gasteiger partial charge in [-0.1, -0.05) is 36.8 Å². The number of hydrogen-bond acceptors (Lipinski definition) is 4. The van der Waals surface area contributed by atoms with E-state index in [0.29, 0.717) is 18.4 Å². The van der Waals surface area contributed by atoms with Gasteiger partial charge in [0.05, 0.1) is 11.6 Å². The van der Waals surface area contributed by atoms with Crippen LogP contribution in [-0.2, 0) is 9.53 Å². The van der Waals surface area contributed by atoms with Crippen molar-refractivity contribution in [3.63, 3.8) is 0 Å². The number of nitriles is 1. The Hall–Kier alpha value is -2.31. The van der Waals surface area contributed by atoms with E-state index >= 15 is 0 Å². The molecule has 2 aromatic carbocycles. The number of carbonyl (C=O) groups is 1. The third kappa shape index (κ3) is 3.24. The largest absolute Gasteiger partial charge is 1.00 e. The summed E-state index contributed by atoms with van der Waals surface area (Å²) < 4.78 is 25.7. The SMILES string of the molecule is N#Cc1ccc(F)c(OC2CC3(C2)O[C-]2CC[C@@H](c4ccccc4)N2C3=O)c1.[Li+]. The van der Waals surface area contributed by atoms with Crippen molar-refractivity contribution in [2.45, 2.75) is 43.4 Å². The van der Waals surface area contributed by atoms with Gasteiger partial charge in [0.2, 0.25) is 5.91 Å². The summed E-state index contributed by atoms with van der Waals surface area (Å²) in [6.07, 6.45) is 2.76. The maximum Gasteiger partial charge on any atom is 1.00 e. The predicted octanol–water partition coefficient (Wildman–Crippen LogP) is 0.865. The summed E-state index contributed by atoms with van der Waals surface area (Å²) in [7, 11) is 0.